The van der Waals surface area contributed by atoms with Gasteiger partial charge in [0.15, 0.2) is 0 Å². The number of aryl methyl sites for hydroxylation is 2. The smallest absolute Gasteiger partial charge is 0.255 e. The molecule has 1 aliphatic rings. The Balaban J connectivity index is 1.75. The van der Waals surface area contributed by atoms with E-state index in [-0.39, 0.29) is 11.3 Å². The summed E-state index contributed by atoms with van der Waals surface area (Å²) in [4.78, 5) is 14.9. The molecule has 122 valence electrons. The molecule has 1 amide bonds. The average molecular weight is 328 g/mol. The van der Waals surface area contributed by atoms with Gasteiger partial charge in [0.25, 0.3) is 5.91 Å². The highest BCUT2D eigenvalue weighted by Gasteiger charge is 2.32. The van der Waals surface area contributed by atoms with E-state index in [1.165, 1.54) is 24.1 Å². The Labute approximate surface area is 142 Å². The number of thioether (sulfide) groups is 1. The van der Waals surface area contributed by atoms with Crippen molar-refractivity contribution in [2.45, 2.75) is 31.6 Å². The monoisotopic (exact) mass is 328 g/mol. The number of aromatic nitrogens is 1. The van der Waals surface area contributed by atoms with Gasteiger partial charge in [0.05, 0.1) is 5.69 Å². The normalized spacial score (nSPS) is 17.7. The SMILES string of the molecule is CCCCc1ccc(C(=O)N2CCSC2c2cccn2C)cc1. The summed E-state index contributed by atoms with van der Waals surface area (Å²) in [6.45, 7) is 3.02. The lowest BCUT2D eigenvalue weighted by Gasteiger charge is -2.24. The molecule has 0 aliphatic carbocycles. The van der Waals surface area contributed by atoms with Gasteiger partial charge in [-0.2, -0.15) is 0 Å². The van der Waals surface area contributed by atoms with Crippen molar-refractivity contribution in [3.05, 3.63) is 59.4 Å². The van der Waals surface area contributed by atoms with Crippen molar-refractivity contribution < 1.29 is 4.79 Å². The fourth-order valence-electron chi connectivity index (χ4n) is 3.01. The Morgan fingerprint density at radius 2 is 2.04 bits per heavy atom. The standard InChI is InChI=1S/C19H24N2OS/c1-3-4-6-15-8-10-16(11-9-15)18(22)21-13-14-23-19(21)17-7-5-12-20(17)2/h5,7-12,19H,3-4,6,13-14H2,1-2H3. The molecule has 4 heteroatoms. The fraction of sp³-hybridized carbons (Fsp3) is 0.421. The zero-order valence-corrected chi connectivity index (χ0v) is 14.7. The van der Waals surface area contributed by atoms with Crippen molar-refractivity contribution in [2.75, 3.05) is 12.3 Å². The molecule has 1 aromatic heterocycles. The second-order valence-corrected chi connectivity index (χ2v) is 7.25. The van der Waals surface area contributed by atoms with E-state index in [0.717, 1.165) is 24.3 Å². The second-order valence-electron chi connectivity index (χ2n) is 6.07. The van der Waals surface area contributed by atoms with E-state index in [1.807, 2.05) is 48.1 Å². The highest BCUT2D eigenvalue weighted by atomic mass is 32.2. The van der Waals surface area contributed by atoms with Gasteiger partial charge in [0, 0.05) is 31.1 Å². The number of rotatable bonds is 5. The zero-order chi connectivity index (χ0) is 16.2. The molecule has 23 heavy (non-hydrogen) atoms. The molecule has 1 saturated heterocycles. The first-order valence-electron chi connectivity index (χ1n) is 8.33. The van der Waals surface area contributed by atoms with Crippen molar-refractivity contribution in [2.24, 2.45) is 7.05 Å². The molecule has 3 nitrogen and oxygen atoms in total. The summed E-state index contributed by atoms with van der Waals surface area (Å²) in [6, 6.07) is 12.3. The van der Waals surface area contributed by atoms with E-state index >= 15 is 0 Å². The Bertz CT molecular complexity index is 662. The number of nitrogens with zero attached hydrogens (tertiary/aromatic N) is 2. The maximum Gasteiger partial charge on any atom is 0.255 e. The Morgan fingerprint density at radius 1 is 1.26 bits per heavy atom. The summed E-state index contributed by atoms with van der Waals surface area (Å²) < 4.78 is 2.11. The van der Waals surface area contributed by atoms with Crippen molar-refractivity contribution in [1.82, 2.24) is 9.47 Å². The summed E-state index contributed by atoms with van der Waals surface area (Å²) in [6.07, 6.45) is 5.53. The van der Waals surface area contributed by atoms with E-state index in [9.17, 15) is 4.79 Å². The van der Waals surface area contributed by atoms with E-state index in [2.05, 4.69) is 29.7 Å². The van der Waals surface area contributed by atoms with Gasteiger partial charge in [-0.05, 0) is 42.7 Å². The van der Waals surface area contributed by atoms with E-state index in [0.29, 0.717) is 0 Å². The van der Waals surface area contributed by atoms with Gasteiger partial charge in [0.1, 0.15) is 5.37 Å². The molecule has 0 spiro atoms. The molecular formula is C19H24N2OS. The number of unbranched alkanes of at least 4 members (excludes halogenated alkanes) is 1. The summed E-state index contributed by atoms with van der Waals surface area (Å²) in [5.74, 6) is 1.14. The Morgan fingerprint density at radius 3 is 2.70 bits per heavy atom. The average Bonchev–Trinajstić information content (AvgIpc) is 3.21. The molecular weight excluding hydrogens is 304 g/mol. The van der Waals surface area contributed by atoms with Crippen LogP contribution in [0.15, 0.2) is 42.6 Å². The van der Waals surface area contributed by atoms with Crippen molar-refractivity contribution in [1.29, 1.82) is 0 Å². The number of carbonyl (C=O) groups excluding carboxylic acids is 1. The number of hydrogen-bond acceptors (Lipinski definition) is 2. The van der Waals surface area contributed by atoms with E-state index in [4.69, 9.17) is 0 Å². The molecule has 1 aromatic carbocycles. The molecule has 0 bridgehead atoms. The number of carbonyl (C=O) groups is 1. The van der Waals surface area contributed by atoms with Gasteiger partial charge in [-0.3, -0.25) is 4.79 Å². The number of benzene rings is 1. The van der Waals surface area contributed by atoms with Crippen molar-refractivity contribution >= 4 is 17.7 Å². The van der Waals surface area contributed by atoms with Crippen LogP contribution in [0.5, 0.6) is 0 Å². The first-order valence-corrected chi connectivity index (χ1v) is 9.38. The zero-order valence-electron chi connectivity index (χ0n) is 13.9. The summed E-state index contributed by atoms with van der Waals surface area (Å²) >= 11 is 1.84. The van der Waals surface area contributed by atoms with Crippen LogP contribution in [0.2, 0.25) is 0 Å². The third-order valence-corrected chi connectivity index (χ3v) is 5.64. The maximum absolute atomic E-state index is 12.9. The Hall–Kier alpha value is -1.68. The predicted molar refractivity (Wildman–Crippen MR) is 96.7 cm³/mol. The second kappa shape index (κ2) is 7.26. The fourth-order valence-corrected chi connectivity index (χ4v) is 4.34. The lowest BCUT2D eigenvalue weighted by atomic mass is 10.1. The summed E-state index contributed by atoms with van der Waals surface area (Å²) in [5, 5.41) is 0.127. The minimum atomic E-state index is 0.127. The topological polar surface area (TPSA) is 25.2 Å². The highest BCUT2D eigenvalue weighted by Crippen LogP contribution is 2.38. The van der Waals surface area contributed by atoms with Gasteiger partial charge < -0.3 is 9.47 Å². The van der Waals surface area contributed by atoms with Crippen molar-refractivity contribution in [3.63, 3.8) is 0 Å². The molecule has 0 radical (unpaired) electrons. The first-order chi connectivity index (χ1) is 11.2. The largest absolute Gasteiger partial charge is 0.352 e. The van der Waals surface area contributed by atoms with Crippen LogP contribution in [-0.2, 0) is 13.5 Å². The van der Waals surface area contributed by atoms with E-state index in [1.54, 1.807) is 0 Å². The van der Waals surface area contributed by atoms with Crippen LogP contribution in [0.1, 0.15) is 46.8 Å². The van der Waals surface area contributed by atoms with E-state index < -0.39 is 0 Å². The molecule has 2 aromatic rings. The van der Waals surface area contributed by atoms with Crippen LogP contribution in [-0.4, -0.2) is 27.7 Å². The van der Waals surface area contributed by atoms with Crippen LogP contribution in [0, 0.1) is 0 Å². The van der Waals surface area contributed by atoms with Crippen LogP contribution < -0.4 is 0 Å². The molecule has 1 fully saturated rings. The van der Waals surface area contributed by atoms with Gasteiger partial charge in [-0.15, -0.1) is 11.8 Å². The Kier molecular flexibility index (Phi) is 5.11. The highest BCUT2D eigenvalue weighted by molar-refractivity contribution is 7.99. The molecule has 1 aliphatic heterocycles. The summed E-state index contributed by atoms with van der Waals surface area (Å²) in [5.41, 5.74) is 3.31. The van der Waals surface area contributed by atoms with Gasteiger partial charge >= 0.3 is 0 Å². The lowest BCUT2D eigenvalue weighted by molar-refractivity contribution is 0.0757. The van der Waals surface area contributed by atoms with Crippen LogP contribution in [0.25, 0.3) is 0 Å². The third-order valence-electron chi connectivity index (χ3n) is 4.41. The predicted octanol–water partition coefficient (Wildman–Crippen LogP) is 4.26. The number of hydrogen-bond donors (Lipinski definition) is 0. The van der Waals surface area contributed by atoms with Crippen LogP contribution >= 0.6 is 11.8 Å². The molecule has 1 unspecified atom stereocenters. The number of amides is 1. The maximum atomic E-state index is 12.9. The minimum Gasteiger partial charge on any atom is -0.352 e. The summed E-state index contributed by atoms with van der Waals surface area (Å²) in [7, 11) is 2.04. The molecule has 1 atom stereocenters. The van der Waals surface area contributed by atoms with Crippen molar-refractivity contribution in [3.8, 4) is 0 Å². The van der Waals surface area contributed by atoms with Gasteiger partial charge in [-0.25, -0.2) is 0 Å². The minimum absolute atomic E-state index is 0.127. The van der Waals surface area contributed by atoms with Crippen LogP contribution in [0.3, 0.4) is 0 Å². The molecule has 0 saturated carbocycles. The van der Waals surface area contributed by atoms with Gasteiger partial charge in [-0.1, -0.05) is 25.5 Å². The molecule has 3 rings (SSSR count). The molecule has 2 heterocycles. The first kappa shape index (κ1) is 16.2. The quantitative estimate of drug-likeness (QED) is 0.819. The van der Waals surface area contributed by atoms with Gasteiger partial charge in [0.2, 0.25) is 0 Å². The lowest BCUT2D eigenvalue weighted by Crippen LogP contribution is -2.31. The third kappa shape index (κ3) is 3.47. The molecule has 0 N–H and O–H groups in total. The van der Waals surface area contributed by atoms with Crippen LogP contribution in [0.4, 0.5) is 0 Å².